The van der Waals surface area contributed by atoms with E-state index in [4.69, 9.17) is 10.00 Å². The molecule has 0 amide bonds. The van der Waals surface area contributed by atoms with Crippen molar-refractivity contribution in [3.63, 3.8) is 0 Å². The molecule has 0 aromatic heterocycles. The number of aliphatic hydroxyl groups excluding tert-OH is 1. The summed E-state index contributed by atoms with van der Waals surface area (Å²) >= 11 is 0. The monoisotopic (exact) mass is 339 g/mol. The predicted octanol–water partition coefficient (Wildman–Crippen LogP) is 2.92. The number of hydrogen-bond donors (Lipinski definition) is 2. The summed E-state index contributed by atoms with van der Waals surface area (Å²) in [6.45, 7) is 3.48. The zero-order valence-electron chi connectivity index (χ0n) is 13.9. The van der Waals surface area contributed by atoms with Crippen molar-refractivity contribution in [1.82, 2.24) is 5.32 Å². The van der Waals surface area contributed by atoms with Gasteiger partial charge < -0.3 is 9.84 Å². The molecule has 0 aliphatic carbocycles. The van der Waals surface area contributed by atoms with Gasteiger partial charge in [0.1, 0.15) is 35.1 Å². The first kappa shape index (κ1) is 16.9. The lowest BCUT2D eigenvalue weighted by Gasteiger charge is -2.40. The van der Waals surface area contributed by atoms with Crippen LogP contribution in [0.4, 0.5) is 4.39 Å². The summed E-state index contributed by atoms with van der Waals surface area (Å²) in [5.74, 6) is 0.332. The Hall–Kier alpha value is -2.91. The van der Waals surface area contributed by atoms with Gasteiger partial charge in [-0.3, -0.25) is 10.3 Å². The predicted molar refractivity (Wildman–Crippen MR) is 91.6 cm³/mol. The largest absolute Gasteiger partial charge is 0.485 e. The third kappa shape index (κ3) is 3.32. The zero-order chi connectivity index (χ0) is 18.0. The summed E-state index contributed by atoms with van der Waals surface area (Å²) in [7, 11) is 0. The maximum Gasteiger partial charge on any atom is 0.182 e. The highest BCUT2D eigenvalue weighted by molar-refractivity contribution is 5.99. The molecule has 0 radical (unpaired) electrons. The summed E-state index contributed by atoms with van der Waals surface area (Å²) in [5.41, 5.74) is 0.228. The van der Waals surface area contributed by atoms with Gasteiger partial charge >= 0.3 is 0 Å². The van der Waals surface area contributed by atoms with Crippen LogP contribution in [-0.4, -0.2) is 22.6 Å². The smallest absolute Gasteiger partial charge is 0.182 e. The average molecular weight is 339 g/mol. The van der Waals surface area contributed by atoms with Gasteiger partial charge in [-0.1, -0.05) is 30.3 Å². The number of halogens is 1. The van der Waals surface area contributed by atoms with Gasteiger partial charge in [0.15, 0.2) is 6.19 Å². The molecule has 1 aliphatic rings. The zero-order valence-corrected chi connectivity index (χ0v) is 13.9. The van der Waals surface area contributed by atoms with Crippen molar-refractivity contribution in [1.29, 1.82) is 5.26 Å². The van der Waals surface area contributed by atoms with E-state index >= 15 is 0 Å². The molecule has 0 spiro atoms. The number of rotatable bonds is 2. The fourth-order valence-corrected chi connectivity index (χ4v) is 2.84. The molecule has 0 saturated heterocycles. The maximum absolute atomic E-state index is 13.7. The van der Waals surface area contributed by atoms with E-state index < -0.39 is 23.6 Å². The number of fused-ring (bicyclic) bond motifs is 1. The van der Waals surface area contributed by atoms with Gasteiger partial charge in [-0.05, 0) is 32.0 Å². The lowest BCUT2D eigenvalue weighted by atomic mass is 9.87. The highest BCUT2D eigenvalue weighted by Crippen LogP contribution is 2.42. The molecule has 25 heavy (non-hydrogen) atoms. The Labute approximate surface area is 145 Å². The first-order valence-electron chi connectivity index (χ1n) is 7.87. The lowest BCUT2D eigenvalue weighted by Crippen LogP contribution is -2.48. The Bertz CT molecular complexity index is 843. The van der Waals surface area contributed by atoms with Gasteiger partial charge in [0, 0.05) is 11.1 Å². The number of nitriles is 1. The van der Waals surface area contributed by atoms with E-state index in [9.17, 15) is 9.50 Å². The Balaban J connectivity index is 2.13. The minimum absolute atomic E-state index is 0.306. The van der Waals surface area contributed by atoms with E-state index in [0.717, 1.165) is 0 Å². The number of nitrogens with zero attached hydrogens (tertiary/aromatic N) is 2. The molecule has 128 valence electrons. The quantitative estimate of drug-likeness (QED) is 0.382. The van der Waals surface area contributed by atoms with E-state index in [1.54, 1.807) is 26.0 Å². The molecular formula is C19H18FN3O2. The van der Waals surface area contributed by atoms with Crippen molar-refractivity contribution in [2.75, 3.05) is 0 Å². The minimum atomic E-state index is -1.01. The molecule has 2 atom stereocenters. The molecule has 1 heterocycles. The molecule has 2 N–H and O–H groups in total. The van der Waals surface area contributed by atoms with Gasteiger partial charge in [-0.2, -0.15) is 5.26 Å². The fraction of sp³-hybridized carbons (Fsp3) is 0.263. The van der Waals surface area contributed by atoms with E-state index in [2.05, 4.69) is 10.3 Å². The van der Waals surface area contributed by atoms with Crippen LogP contribution in [0.3, 0.4) is 0 Å². The number of hydrogen-bond acceptors (Lipinski definition) is 4. The summed E-state index contributed by atoms with van der Waals surface area (Å²) in [6, 6.07) is 12.5. The third-order valence-corrected chi connectivity index (χ3v) is 4.16. The molecule has 1 aliphatic heterocycles. The fourth-order valence-electron chi connectivity index (χ4n) is 2.84. The minimum Gasteiger partial charge on any atom is -0.485 e. The van der Waals surface area contributed by atoms with Crippen molar-refractivity contribution in [3.05, 3.63) is 65.5 Å². The Morgan fingerprint density at radius 1 is 1.28 bits per heavy atom. The Kier molecular flexibility index (Phi) is 4.43. The van der Waals surface area contributed by atoms with Crippen molar-refractivity contribution in [3.8, 4) is 11.9 Å². The van der Waals surface area contributed by atoms with Crippen LogP contribution >= 0.6 is 0 Å². The molecule has 2 aromatic carbocycles. The summed E-state index contributed by atoms with van der Waals surface area (Å²) in [6.07, 6.45) is 0.846. The van der Waals surface area contributed by atoms with Gasteiger partial charge in [0.25, 0.3) is 0 Å². The Morgan fingerprint density at radius 3 is 2.68 bits per heavy atom. The van der Waals surface area contributed by atoms with Crippen molar-refractivity contribution < 1.29 is 14.2 Å². The van der Waals surface area contributed by atoms with Crippen LogP contribution in [0.1, 0.15) is 31.0 Å². The highest BCUT2D eigenvalue weighted by atomic mass is 19.1. The molecule has 0 unspecified atom stereocenters. The second kappa shape index (κ2) is 6.54. The molecule has 5 nitrogen and oxygen atoms in total. The first-order chi connectivity index (χ1) is 11.9. The van der Waals surface area contributed by atoms with Gasteiger partial charge in [-0.15, -0.1) is 0 Å². The lowest BCUT2D eigenvalue weighted by molar-refractivity contribution is -0.0568. The molecule has 0 saturated carbocycles. The van der Waals surface area contributed by atoms with E-state index in [0.29, 0.717) is 22.7 Å². The molecule has 6 heteroatoms. The second-order valence-corrected chi connectivity index (χ2v) is 6.36. The van der Waals surface area contributed by atoms with Crippen molar-refractivity contribution in [2.45, 2.75) is 31.6 Å². The molecule has 0 fully saturated rings. The number of nitrogens with one attached hydrogen (secondary N) is 1. The first-order valence-corrected chi connectivity index (χ1v) is 7.87. The van der Waals surface area contributed by atoms with Crippen LogP contribution in [-0.2, 0) is 0 Å². The number of amidine groups is 1. The van der Waals surface area contributed by atoms with Crippen LogP contribution in [0.25, 0.3) is 0 Å². The maximum atomic E-state index is 13.7. The number of ether oxygens (including phenoxy) is 1. The topological polar surface area (TPSA) is 77.6 Å². The Morgan fingerprint density at radius 2 is 2.00 bits per heavy atom. The average Bonchev–Trinajstić information content (AvgIpc) is 2.59. The van der Waals surface area contributed by atoms with E-state index in [-0.39, 0.29) is 0 Å². The second-order valence-electron chi connectivity index (χ2n) is 6.36. The molecule has 2 aromatic rings. The summed E-state index contributed by atoms with van der Waals surface area (Å²) in [5, 5.41) is 22.3. The van der Waals surface area contributed by atoms with Gasteiger partial charge in [0.05, 0.1) is 0 Å². The number of aliphatic imine (C=N–C) groups is 1. The van der Waals surface area contributed by atoms with Gasteiger partial charge in [-0.25, -0.2) is 4.39 Å². The van der Waals surface area contributed by atoms with Crippen LogP contribution in [0.15, 0.2) is 53.5 Å². The van der Waals surface area contributed by atoms with E-state index in [1.165, 1.54) is 18.2 Å². The van der Waals surface area contributed by atoms with Crippen LogP contribution in [0, 0.1) is 17.3 Å². The van der Waals surface area contributed by atoms with E-state index in [1.807, 2.05) is 24.4 Å². The summed E-state index contributed by atoms with van der Waals surface area (Å²) in [4.78, 5) is 4.54. The van der Waals surface area contributed by atoms with Crippen molar-refractivity contribution >= 4 is 5.84 Å². The standard InChI is InChI=1S/C19H18FN3O2/c1-19(2)17(24)16(14-10-13(20)8-9-15(14)25-19)23-18(22-11-21)12-6-4-3-5-7-12/h3-10,16-17,24H,1-2H3,(H,22,23)/t16-,17+/m1/s1. The molecule has 0 bridgehead atoms. The third-order valence-electron chi connectivity index (χ3n) is 4.16. The number of aliphatic hydroxyl groups is 1. The van der Waals surface area contributed by atoms with Crippen LogP contribution in [0.5, 0.6) is 5.75 Å². The van der Waals surface area contributed by atoms with Crippen molar-refractivity contribution in [2.24, 2.45) is 4.99 Å². The molecule has 3 rings (SSSR count). The van der Waals surface area contributed by atoms with Crippen LogP contribution < -0.4 is 10.1 Å². The highest BCUT2D eigenvalue weighted by Gasteiger charge is 2.43. The van der Waals surface area contributed by atoms with Crippen LogP contribution in [0.2, 0.25) is 0 Å². The number of benzene rings is 2. The SMILES string of the molecule is CC1(C)Oc2ccc(F)cc2[C@@H](N=C(NC#N)c2ccccc2)[C@@H]1O. The normalized spacial score (nSPS) is 21.6. The molecular weight excluding hydrogens is 321 g/mol. The van der Waals surface area contributed by atoms with Gasteiger partial charge in [0.2, 0.25) is 0 Å². The summed E-state index contributed by atoms with van der Waals surface area (Å²) < 4.78 is 19.5.